The number of nitrogens with one attached hydrogen (secondary N) is 1. The van der Waals surface area contributed by atoms with Crippen molar-refractivity contribution in [2.24, 2.45) is 0 Å². The summed E-state index contributed by atoms with van der Waals surface area (Å²) in [5, 5.41) is 19.4. The molecule has 0 bridgehead atoms. The minimum atomic E-state index is -5.08. The third kappa shape index (κ3) is 9.67. The number of carbonyl (C=O) groups is 3. The van der Waals surface area contributed by atoms with E-state index in [4.69, 9.17) is 24.0 Å². The minimum Gasteiger partial charge on any atom is -0.478 e. The van der Waals surface area contributed by atoms with Crippen molar-refractivity contribution in [1.82, 2.24) is 10.3 Å². The highest BCUT2D eigenvalue weighted by atomic mass is 79.9. The van der Waals surface area contributed by atoms with Crippen LogP contribution in [0.25, 0.3) is 11.5 Å². The van der Waals surface area contributed by atoms with E-state index in [9.17, 15) is 27.9 Å². The molecule has 1 unspecified atom stereocenters. The number of hydrogen-bond acceptors (Lipinski definition) is 6. The van der Waals surface area contributed by atoms with Crippen LogP contribution >= 0.6 is 15.9 Å². The highest BCUT2D eigenvalue weighted by molar-refractivity contribution is 9.10. The quantitative estimate of drug-likeness (QED) is 0.162. The van der Waals surface area contributed by atoms with Crippen molar-refractivity contribution in [2.45, 2.75) is 52.1 Å². The zero-order chi connectivity index (χ0) is 33.5. The fraction of sp³-hybridized carbons (Fsp3) is 0.333. The maximum absolute atomic E-state index is 13.1. The van der Waals surface area contributed by atoms with Gasteiger partial charge in [0.1, 0.15) is 30.3 Å². The van der Waals surface area contributed by atoms with Crippen LogP contribution in [0.2, 0.25) is 0 Å². The van der Waals surface area contributed by atoms with Crippen LogP contribution < -0.4 is 10.1 Å². The summed E-state index contributed by atoms with van der Waals surface area (Å²) in [6.07, 6.45) is -2.87. The lowest BCUT2D eigenvalue weighted by molar-refractivity contribution is -0.858. The van der Waals surface area contributed by atoms with Gasteiger partial charge in [-0.25, -0.2) is 23.9 Å². The molecule has 44 heavy (non-hydrogen) atoms. The number of hydrogen-bond donors (Lipinski definition) is 3. The smallest absolute Gasteiger partial charge is 0.478 e. The number of quaternary nitrogens is 1. The second kappa shape index (κ2) is 14.5. The molecule has 0 fully saturated rings. The lowest BCUT2D eigenvalue weighted by Gasteiger charge is -2.31. The fourth-order valence-electron chi connectivity index (χ4n) is 3.99. The van der Waals surface area contributed by atoms with E-state index in [-0.39, 0.29) is 10.5 Å². The average Bonchev–Trinajstić information content (AvgIpc) is 3.29. The number of carboxylic acids is 2. The third-order valence-corrected chi connectivity index (χ3v) is 6.80. The third-order valence-electron chi connectivity index (χ3n) is 6.31. The Balaban J connectivity index is 0.000000860. The van der Waals surface area contributed by atoms with Gasteiger partial charge in [0.05, 0.1) is 7.05 Å². The van der Waals surface area contributed by atoms with E-state index in [1.54, 1.807) is 19.2 Å². The molecule has 3 N–H and O–H groups in total. The van der Waals surface area contributed by atoms with Crippen LogP contribution in [-0.2, 0) is 29.1 Å². The first-order valence-corrected chi connectivity index (χ1v) is 13.9. The zero-order valence-electron chi connectivity index (χ0n) is 24.8. The number of allylic oxidation sites excluding steroid dienone is 1. The van der Waals surface area contributed by atoms with Crippen LogP contribution in [-0.4, -0.2) is 63.5 Å². The van der Waals surface area contributed by atoms with Crippen LogP contribution in [0, 0.1) is 6.92 Å². The highest BCUT2D eigenvalue weighted by Gasteiger charge is 2.38. The number of benzene rings is 2. The van der Waals surface area contributed by atoms with E-state index in [0.29, 0.717) is 42.6 Å². The summed E-state index contributed by atoms with van der Waals surface area (Å²) in [6, 6.07) is 13.0. The molecule has 2 amide bonds. The van der Waals surface area contributed by atoms with Gasteiger partial charge >= 0.3 is 24.1 Å². The number of aromatic nitrogens is 1. The molecule has 1 heterocycles. The molecule has 1 aromatic heterocycles. The van der Waals surface area contributed by atoms with Gasteiger partial charge in [-0.1, -0.05) is 28.1 Å². The Morgan fingerprint density at radius 1 is 1.11 bits per heavy atom. The van der Waals surface area contributed by atoms with Crippen molar-refractivity contribution in [1.29, 1.82) is 0 Å². The van der Waals surface area contributed by atoms with Crippen LogP contribution in [0.1, 0.15) is 36.4 Å². The standard InChI is InChI=1S/C28H32BrN3O5.C2HF3O2/c1-7-9-20-14-19(12-13-24(20)37-28(3,4)26(33)34)16-32(6,27(35)30-5)17-23-18(2)36-25(31-23)21-10-8-11-22(29)15-21;3-2(4,5)1(6)7/h7-8,10-15H,1,9,16-17H2,2-6H3,(H-,30,33,34,35);(H,6,7)/p+1. The van der Waals surface area contributed by atoms with Crippen LogP contribution in [0.3, 0.4) is 0 Å². The summed E-state index contributed by atoms with van der Waals surface area (Å²) < 4.78 is 44.4. The number of aliphatic carboxylic acids is 2. The highest BCUT2D eigenvalue weighted by Crippen LogP contribution is 2.30. The molecule has 14 heteroatoms. The van der Waals surface area contributed by atoms with Gasteiger partial charge in [-0.05, 0) is 69.2 Å². The normalized spacial score (nSPS) is 12.8. The topological polar surface area (TPSA) is 139 Å². The maximum atomic E-state index is 13.1. The molecule has 0 aliphatic heterocycles. The summed E-state index contributed by atoms with van der Waals surface area (Å²) in [5.74, 6) is -2.21. The summed E-state index contributed by atoms with van der Waals surface area (Å²) in [6.45, 7) is 9.34. The Morgan fingerprint density at radius 2 is 1.75 bits per heavy atom. The Kier molecular flexibility index (Phi) is 11.9. The lowest BCUT2D eigenvalue weighted by atomic mass is 10.0. The number of carboxylic acid groups (broad SMARTS) is 2. The zero-order valence-corrected chi connectivity index (χ0v) is 26.4. The summed E-state index contributed by atoms with van der Waals surface area (Å²) in [4.78, 5) is 38.3. The number of alkyl halides is 3. The van der Waals surface area contributed by atoms with E-state index in [2.05, 4.69) is 27.8 Å². The Bertz CT molecular complexity index is 1520. The number of aryl methyl sites for hydroxylation is 1. The minimum absolute atomic E-state index is 0.00382. The summed E-state index contributed by atoms with van der Waals surface area (Å²) >= 11 is 3.47. The van der Waals surface area contributed by atoms with Crippen molar-refractivity contribution in [2.75, 3.05) is 14.1 Å². The van der Waals surface area contributed by atoms with Gasteiger partial charge in [0, 0.05) is 22.6 Å². The van der Waals surface area contributed by atoms with Gasteiger partial charge < -0.3 is 24.7 Å². The Labute approximate surface area is 260 Å². The van der Waals surface area contributed by atoms with E-state index in [1.807, 2.05) is 50.4 Å². The van der Waals surface area contributed by atoms with E-state index < -0.39 is 23.7 Å². The van der Waals surface area contributed by atoms with E-state index in [0.717, 1.165) is 21.2 Å². The maximum Gasteiger partial charge on any atom is 0.490 e. The lowest BCUT2D eigenvalue weighted by Crippen LogP contribution is -2.52. The van der Waals surface area contributed by atoms with E-state index in [1.165, 1.54) is 13.8 Å². The predicted molar refractivity (Wildman–Crippen MR) is 159 cm³/mol. The van der Waals surface area contributed by atoms with Crippen LogP contribution in [0.4, 0.5) is 18.0 Å². The molecule has 0 aliphatic carbocycles. The fourth-order valence-corrected chi connectivity index (χ4v) is 4.39. The number of rotatable bonds is 10. The summed E-state index contributed by atoms with van der Waals surface area (Å²) in [5.41, 5.74) is 1.82. The molecule has 10 nitrogen and oxygen atoms in total. The van der Waals surface area contributed by atoms with E-state index >= 15 is 0 Å². The molecule has 0 spiro atoms. The molecule has 0 radical (unpaired) electrons. The van der Waals surface area contributed by atoms with Crippen molar-refractivity contribution in [3.63, 3.8) is 0 Å². The average molecular weight is 686 g/mol. The molecular formula is C30H34BrF3N3O7+. The first-order valence-electron chi connectivity index (χ1n) is 13.1. The number of urea groups is 1. The molecule has 2 aromatic carbocycles. The van der Waals surface area contributed by atoms with Gasteiger partial charge in [0.25, 0.3) is 0 Å². The van der Waals surface area contributed by atoms with Crippen molar-refractivity contribution in [3.05, 3.63) is 82.2 Å². The Morgan fingerprint density at radius 3 is 2.27 bits per heavy atom. The molecule has 238 valence electrons. The number of amides is 2. The molecule has 1 atom stereocenters. The van der Waals surface area contributed by atoms with Gasteiger partial charge in [-0.3, -0.25) is 0 Å². The molecule has 3 aromatic rings. The van der Waals surface area contributed by atoms with Crippen molar-refractivity contribution >= 4 is 33.9 Å². The second-order valence-corrected chi connectivity index (χ2v) is 11.4. The number of nitrogens with zero attached hydrogens (tertiary/aromatic N) is 2. The van der Waals surface area contributed by atoms with Gasteiger partial charge in [0.15, 0.2) is 5.60 Å². The number of carbonyl (C=O) groups excluding carboxylic acids is 1. The predicted octanol–water partition coefficient (Wildman–Crippen LogP) is 6.50. The number of oxazole rings is 1. The van der Waals surface area contributed by atoms with Crippen molar-refractivity contribution in [3.8, 4) is 17.2 Å². The largest absolute Gasteiger partial charge is 0.490 e. The summed E-state index contributed by atoms with van der Waals surface area (Å²) in [7, 11) is 3.45. The monoisotopic (exact) mass is 684 g/mol. The second-order valence-electron chi connectivity index (χ2n) is 10.5. The number of halogens is 4. The Hall–Kier alpha value is -4.17. The van der Waals surface area contributed by atoms with Crippen LogP contribution in [0.15, 0.2) is 64.0 Å². The number of ether oxygens (including phenoxy) is 1. The van der Waals surface area contributed by atoms with Gasteiger partial charge in [-0.15, -0.1) is 6.58 Å². The first kappa shape index (κ1) is 36.0. The van der Waals surface area contributed by atoms with Gasteiger partial charge in [0.2, 0.25) is 5.89 Å². The van der Waals surface area contributed by atoms with Gasteiger partial charge in [-0.2, -0.15) is 13.2 Å². The molecule has 0 saturated carbocycles. The first-order chi connectivity index (χ1) is 20.3. The molecule has 3 rings (SSSR count). The molecule has 0 saturated heterocycles. The molecular weight excluding hydrogens is 651 g/mol. The van der Waals surface area contributed by atoms with Crippen molar-refractivity contribution < 1.29 is 51.4 Å². The SMILES string of the molecule is C=CCc1cc(C[N+](C)(Cc2nc(-c3cccc(Br)c3)oc2C)C(=O)NC)ccc1OC(C)(C)C(=O)O.O=C(O)C(F)(F)F. The van der Waals surface area contributed by atoms with Crippen LogP contribution in [0.5, 0.6) is 5.75 Å². The molecule has 0 aliphatic rings.